The Kier molecular flexibility index (Phi) is 6.01. The fraction of sp³-hybridized carbons (Fsp3) is 0.348. The summed E-state index contributed by atoms with van der Waals surface area (Å²) in [6.45, 7) is 3.90. The van der Waals surface area contributed by atoms with Crippen LogP contribution in [0, 0.1) is 0 Å². The van der Waals surface area contributed by atoms with Gasteiger partial charge in [0.05, 0.1) is 12.1 Å². The molecule has 1 N–H and O–H groups in total. The van der Waals surface area contributed by atoms with Crippen molar-refractivity contribution in [3.05, 3.63) is 59.3 Å². The average Bonchev–Trinajstić information content (AvgIpc) is 2.75. The number of nitrogens with zero attached hydrogens (tertiary/aromatic N) is 3. The third kappa shape index (κ3) is 4.99. The molecule has 1 aliphatic heterocycles. The molecule has 0 unspecified atom stereocenters. The van der Waals surface area contributed by atoms with E-state index in [1.54, 1.807) is 18.2 Å². The number of pyridine rings is 1. The minimum absolute atomic E-state index is 0.0241. The predicted octanol–water partition coefficient (Wildman–Crippen LogP) is 3.39. The molecule has 2 aromatic rings. The van der Waals surface area contributed by atoms with Gasteiger partial charge in [-0.15, -0.1) is 0 Å². The number of hydrogen-bond acceptors (Lipinski definition) is 5. The van der Waals surface area contributed by atoms with E-state index in [2.05, 4.69) is 10.3 Å². The number of halogens is 3. The Morgan fingerprint density at radius 3 is 2.69 bits per heavy atom. The summed E-state index contributed by atoms with van der Waals surface area (Å²) >= 11 is 0. The minimum Gasteiger partial charge on any atom is -0.354 e. The molecule has 32 heavy (non-hydrogen) atoms. The average molecular weight is 444 g/mol. The highest BCUT2D eigenvalue weighted by atomic mass is 19.4. The van der Waals surface area contributed by atoms with E-state index in [0.29, 0.717) is 37.6 Å². The first-order chi connectivity index (χ1) is 15.2. The molecular weight excluding hydrogens is 421 g/mol. The highest BCUT2D eigenvalue weighted by Crippen LogP contribution is 2.29. The number of allylic oxidation sites excluding steroid dienone is 1. The summed E-state index contributed by atoms with van der Waals surface area (Å²) in [6.07, 6.45) is 0.115. The standard InChI is InChI=1S/C23H23F3N4O2/c1-15-13-30(21-7-4-18(12-27-21)23(24,25)26)9-8-29(15)14-22(32)28-19-5-2-17-11-20(31)6-3-16(17)10-19/h2-7,10,12,15H,8-9,11,13-14H2,1H3,(H,28,32)/t15-/m1/s1. The number of piperazine rings is 1. The number of anilines is 2. The van der Waals surface area contributed by atoms with Crippen LogP contribution >= 0.6 is 0 Å². The van der Waals surface area contributed by atoms with Crippen LogP contribution in [0.4, 0.5) is 24.7 Å². The molecule has 0 bridgehead atoms. The summed E-state index contributed by atoms with van der Waals surface area (Å²) in [7, 11) is 0. The SMILES string of the molecule is C[C@@H]1CN(c2ccc(C(F)(F)F)cn2)CCN1CC(=O)Nc1ccc2c(c1)C=CC(=O)C2. The van der Waals surface area contributed by atoms with Crippen molar-refractivity contribution in [1.82, 2.24) is 9.88 Å². The normalized spacial score (nSPS) is 19.1. The van der Waals surface area contributed by atoms with Crippen LogP contribution in [-0.2, 0) is 22.2 Å². The first kappa shape index (κ1) is 22.0. The lowest BCUT2D eigenvalue weighted by atomic mass is 9.96. The van der Waals surface area contributed by atoms with E-state index in [9.17, 15) is 22.8 Å². The fourth-order valence-electron chi connectivity index (χ4n) is 3.98. The number of rotatable bonds is 4. The van der Waals surface area contributed by atoms with Gasteiger partial charge in [0.15, 0.2) is 5.78 Å². The molecule has 1 saturated heterocycles. The van der Waals surface area contributed by atoms with Crippen molar-refractivity contribution in [1.29, 1.82) is 0 Å². The molecule has 2 heterocycles. The van der Waals surface area contributed by atoms with Gasteiger partial charge in [-0.2, -0.15) is 13.2 Å². The number of carbonyl (C=O) groups is 2. The third-order valence-electron chi connectivity index (χ3n) is 5.75. The largest absolute Gasteiger partial charge is 0.417 e. The van der Waals surface area contributed by atoms with E-state index in [4.69, 9.17) is 0 Å². The van der Waals surface area contributed by atoms with Crippen molar-refractivity contribution in [2.24, 2.45) is 0 Å². The van der Waals surface area contributed by atoms with Gasteiger partial charge >= 0.3 is 6.18 Å². The molecular formula is C23H23F3N4O2. The summed E-state index contributed by atoms with van der Waals surface area (Å²) in [5.41, 5.74) is 1.77. The van der Waals surface area contributed by atoms with Gasteiger partial charge in [0, 0.05) is 44.0 Å². The van der Waals surface area contributed by atoms with Gasteiger partial charge in [0.2, 0.25) is 5.91 Å². The van der Waals surface area contributed by atoms with Crippen LogP contribution in [0.5, 0.6) is 0 Å². The number of nitrogens with one attached hydrogen (secondary N) is 1. The zero-order valence-corrected chi connectivity index (χ0v) is 17.5. The van der Waals surface area contributed by atoms with Crippen LogP contribution < -0.4 is 10.2 Å². The molecule has 9 heteroatoms. The number of aromatic nitrogens is 1. The molecule has 2 aliphatic rings. The number of benzene rings is 1. The van der Waals surface area contributed by atoms with E-state index in [-0.39, 0.29) is 24.3 Å². The Bertz CT molecular complexity index is 1050. The Balaban J connectivity index is 1.32. The van der Waals surface area contributed by atoms with Gasteiger partial charge in [0.1, 0.15) is 5.82 Å². The number of carbonyl (C=O) groups excluding carboxylic acids is 2. The van der Waals surface area contributed by atoms with Crippen LogP contribution in [0.1, 0.15) is 23.6 Å². The first-order valence-electron chi connectivity index (χ1n) is 10.3. The number of amides is 1. The second kappa shape index (κ2) is 8.74. The number of ketones is 1. The van der Waals surface area contributed by atoms with E-state index >= 15 is 0 Å². The van der Waals surface area contributed by atoms with Crippen molar-refractivity contribution in [2.75, 3.05) is 36.4 Å². The van der Waals surface area contributed by atoms with Gasteiger partial charge in [-0.25, -0.2) is 4.98 Å². The fourth-order valence-corrected chi connectivity index (χ4v) is 3.98. The molecule has 0 spiro atoms. The zero-order valence-electron chi connectivity index (χ0n) is 17.5. The molecule has 0 saturated carbocycles. The molecule has 1 fully saturated rings. The Hall–Kier alpha value is -3.20. The van der Waals surface area contributed by atoms with Crippen LogP contribution in [-0.4, -0.2) is 53.8 Å². The molecule has 1 aromatic carbocycles. The van der Waals surface area contributed by atoms with Crippen molar-refractivity contribution in [2.45, 2.75) is 25.6 Å². The molecule has 6 nitrogen and oxygen atoms in total. The summed E-state index contributed by atoms with van der Waals surface area (Å²) in [5, 5.41) is 2.90. The van der Waals surface area contributed by atoms with Crippen LogP contribution in [0.25, 0.3) is 6.08 Å². The van der Waals surface area contributed by atoms with E-state index < -0.39 is 11.7 Å². The lowest BCUT2D eigenvalue weighted by Gasteiger charge is -2.40. The van der Waals surface area contributed by atoms with E-state index in [1.165, 1.54) is 6.07 Å². The summed E-state index contributed by atoms with van der Waals surface area (Å²) < 4.78 is 38.2. The Morgan fingerprint density at radius 2 is 2.00 bits per heavy atom. The lowest BCUT2D eigenvalue weighted by molar-refractivity contribution is -0.137. The molecule has 1 amide bonds. The molecule has 1 atom stereocenters. The zero-order chi connectivity index (χ0) is 22.9. The Morgan fingerprint density at radius 1 is 1.19 bits per heavy atom. The van der Waals surface area contributed by atoms with Gasteiger partial charge in [-0.1, -0.05) is 12.1 Å². The van der Waals surface area contributed by atoms with Gasteiger partial charge in [0.25, 0.3) is 0 Å². The molecule has 1 aromatic heterocycles. The minimum atomic E-state index is -4.41. The number of fused-ring (bicyclic) bond motifs is 1. The topological polar surface area (TPSA) is 65.5 Å². The molecule has 0 radical (unpaired) electrons. The van der Waals surface area contributed by atoms with Crippen LogP contribution in [0.2, 0.25) is 0 Å². The maximum atomic E-state index is 12.7. The highest BCUT2D eigenvalue weighted by Gasteiger charge is 2.31. The predicted molar refractivity (Wildman–Crippen MR) is 115 cm³/mol. The lowest BCUT2D eigenvalue weighted by Crippen LogP contribution is -2.54. The van der Waals surface area contributed by atoms with Crippen molar-refractivity contribution in [3.8, 4) is 0 Å². The van der Waals surface area contributed by atoms with Crippen molar-refractivity contribution < 1.29 is 22.8 Å². The van der Waals surface area contributed by atoms with E-state index in [0.717, 1.165) is 23.4 Å². The summed E-state index contributed by atoms with van der Waals surface area (Å²) in [6, 6.07) is 7.95. The quantitative estimate of drug-likeness (QED) is 0.783. The van der Waals surface area contributed by atoms with Crippen molar-refractivity contribution >= 4 is 29.3 Å². The smallest absolute Gasteiger partial charge is 0.354 e. The van der Waals surface area contributed by atoms with Crippen LogP contribution in [0.15, 0.2) is 42.6 Å². The van der Waals surface area contributed by atoms with Gasteiger partial charge in [-0.3, -0.25) is 14.5 Å². The van der Waals surface area contributed by atoms with Gasteiger partial charge in [-0.05, 0) is 48.4 Å². The van der Waals surface area contributed by atoms with Gasteiger partial charge < -0.3 is 10.2 Å². The summed E-state index contributed by atoms with van der Waals surface area (Å²) in [5.74, 6) is 0.414. The maximum Gasteiger partial charge on any atom is 0.417 e. The second-order valence-electron chi connectivity index (χ2n) is 8.11. The number of hydrogen-bond donors (Lipinski definition) is 1. The van der Waals surface area contributed by atoms with Crippen LogP contribution in [0.3, 0.4) is 0 Å². The molecule has 4 rings (SSSR count). The monoisotopic (exact) mass is 444 g/mol. The van der Waals surface area contributed by atoms with E-state index in [1.807, 2.05) is 28.9 Å². The maximum absolute atomic E-state index is 12.7. The summed E-state index contributed by atoms with van der Waals surface area (Å²) in [4.78, 5) is 32.0. The first-order valence-corrected chi connectivity index (χ1v) is 10.3. The molecule has 168 valence electrons. The highest BCUT2D eigenvalue weighted by molar-refractivity contribution is 5.99. The second-order valence-corrected chi connectivity index (χ2v) is 8.11. The van der Waals surface area contributed by atoms with Crippen molar-refractivity contribution in [3.63, 3.8) is 0 Å². The molecule has 1 aliphatic carbocycles. The third-order valence-corrected chi connectivity index (χ3v) is 5.75. The number of alkyl halides is 3. The Labute approximate surface area is 183 Å².